The van der Waals surface area contributed by atoms with Crippen molar-refractivity contribution in [3.8, 4) is 0 Å². The summed E-state index contributed by atoms with van der Waals surface area (Å²) >= 11 is 0. The standard InChI is InChI=1S/C20H29NO2/c1-15(2)18-14-17(13-16-9-7-6-8-10-16)11-12-21(18)19(22)23-20(3,4)5/h6-10,13,15,18H,11-12,14H2,1-5H3/b17-13+. The molecule has 2 rings (SSSR count). The Morgan fingerprint density at radius 1 is 1.26 bits per heavy atom. The van der Waals surface area contributed by atoms with E-state index in [0.717, 1.165) is 19.4 Å². The van der Waals surface area contributed by atoms with Crippen LogP contribution in [-0.4, -0.2) is 29.2 Å². The normalized spacial score (nSPS) is 20.9. The predicted molar refractivity (Wildman–Crippen MR) is 95.2 cm³/mol. The lowest BCUT2D eigenvalue weighted by molar-refractivity contribution is 0.00797. The first kappa shape index (κ1) is 17.6. The molecule has 1 unspecified atom stereocenters. The van der Waals surface area contributed by atoms with Crippen molar-refractivity contribution < 1.29 is 9.53 Å². The minimum Gasteiger partial charge on any atom is -0.444 e. The molecule has 3 heteroatoms. The van der Waals surface area contributed by atoms with Crippen LogP contribution >= 0.6 is 0 Å². The van der Waals surface area contributed by atoms with Gasteiger partial charge in [-0.3, -0.25) is 0 Å². The average Bonchev–Trinajstić information content (AvgIpc) is 2.46. The van der Waals surface area contributed by atoms with Crippen molar-refractivity contribution >= 4 is 12.2 Å². The smallest absolute Gasteiger partial charge is 0.410 e. The van der Waals surface area contributed by atoms with Crippen LogP contribution in [0.1, 0.15) is 53.0 Å². The molecule has 3 nitrogen and oxygen atoms in total. The highest BCUT2D eigenvalue weighted by Gasteiger charge is 2.33. The van der Waals surface area contributed by atoms with Crippen molar-refractivity contribution in [1.82, 2.24) is 4.90 Å². The first-order valence-electron chi connectivity index (χ1n) is 8.50. The average molecular weight is 315 g/mol. The summed E-state index contributed by atoms with van der Waals surface area (Å²) in [7, 11) is 0. The third kappa shape index (κ3) is 5.12. The van der Waals surface area contributed by atoms with Crippen molar-refractivity contribution in [3.05, 3.63) is 41.5 Å². The molecule has 0 radical (unpaired) electrons. The molecule has 0 aliphatic carbocycles. The van der Waals surface area contributed by atoms with Crippen LogP contribution in [0, 0.1) is 5.92 Å². The molecule has 1 aliphatic rings. The summed E-state index contributed by atoms with van der Waals surface area (Å²) in [6.45, 7) is 10.8. The summed E-state index contributed by atoms with van der Waals surface area (Å²) in [5, 5.41) is 0. The lowest BCUT2D eigenvalue weighted by Crippen LogP contribution is -2.48. The zero-order valence-corrected chi connectivity index (χ0v) is 15.0. The van der Waals surface area contributed by atoms with E-state index in [9.17, 15) is 4.79 Å². The van der Waals surface area contributed by atoms with Gasteiger partial charge in [-0.2, -0.15) is 0 Å². The highest BCUT2D eigenvalue weighted by atomic mass is 16.6. The second-order valence-electron chi connectivity index (χ2n) is 7.65. The Bertz CT molecular complexity index is 555. The van der Waals surface area contributed by atoms with Crippen LogP contribution in [0.2, 0.25) is 0 Å². The minimum absolute atomic E-state index is 0.185. The summed E-state index contributed by atoms with van der Waals surface area (Å²) in [6.07, 6.45) is 3.92. The number of nitrogens with zero attached hydrogens (tertiary/aromatic N) is 1. The van der Waals surface area contributed by atoms with E-state index >= 15 is 0 Å². The van der Waals surface area contributed by atoms with E-state index in [2.05, 4.69) is 44.2 Å². The molecule has 1 atom stereocenters. The van der Waals surface area contributed by atoms with E-state index in [1.165, 1.54) is 11.1 Å². The Hall–Kier alpha value is -1.77. The van der Waals surface area contributed by atoms with E-state index in [-0.39, 0.29) is 12.1 Å². The molecule has 1 fully saturated rings. The molecule has 1 aliphatic heterocycles. The van der Waals surface area contributed by atoms with Gasteiger partial charge in [0.2, 0.25) is 0 Å². The monoisotopic (exact) mass is 315 g/mol. The molecule has 0 aromatic heterocycles. The second-order valence-corrected chi connectivity index (χ2v) is 7.65. The van der Waals surface area contributed by atoms with Crippen molar-refractivity contribution in [1.29, 1.82) is 0 Å². The number of hydrogen-bond acceptors (Lipinski definition) is 2. The van der Waals surface area contributed by atoms with Gasteiger partial charge in [-0.25, -0.2) is 4.79 Å². The summed E-state index contributed by atoms with van der Waals surface area (Å²) in [5.74, 6) is 0.405. The number of piperidine rings is 1. The molecule has 23 heavy (non-hydrogen) atoms. The quantitative estimate of drug-likeness (QED) is 0.757. The van der Waals surface area contributed by atoms with E-state index in [4.69, 9.17) is 4.74 Å². The fourth-order valence-electron chi connectivity index (χ4n) is 2.97. The lowest BCUT2D eigenvalue weighted by atomic mass is 9.88. The molecule has 1 aromatic rings. The number of rotatable bonds is 2. The van der Waals surface area contributed by atoms with Crippen molar-refractivity contribution in [2.45, 2.75) is 59.1 Å². The Labute approximate surface area is 140 Å². The van der Waals surface area contributed by atoms with Gasteiger partial charge in [0.05, 0.1) is 0 Å². The molecule has 1 amide bonds. The van der Waals surface area contributed by atoms with E-state index in [1.54, 1.807) is 0 Å². The van der Waals surface area contributed by atoms with Crippen LogP contribution in [-0.2, 0) is 4.74 Å². The van der Waals surface area contributed by atoms with Gasteiger partial charge in [0, 0.05) is 12.6 Å². The summed E-state index contributed by atoms with van der Waals surface area (Å²) in [6, 6.07) is 10.6. The van der Waals surface area contributed by atoms with E-state index in [0.29, 0.717) is 5.92 Å². The SMILES string of the molecule is CC(C)C1C/C(=C/c2ccccc2)CCN1C(=O)OC(C)(C)C. The summed E-state index contributed by atoms with van der Waals surface area (Å²) < 4.78 is 5.58. The van der Waals surface area contributed by atoms with E-state index < -0.39 is 5.60 Å². The van der Waals surface area contributed by atoms with E-state index in [1.807, 2.05) is 31.7 Å². The molecule has 0 bridgehead atoms. The maximum Gasteiger partial charge on any atom is 0.410 e. The van der Waals surface area contributed by atoms with Gasteiger partial charge in [0.1, 0.15) is 5.60 Å². The zero-order valence-electron chi connectivity index (χ0n) is 15.0. The van der Waals surface area contributed by atoms with Crippen molar-refractivity contribution in [2.75, 3.05) is 6.54 Å². The maximum atomic E-state index is 12.5. The first-order valence-corrected chi connectivity index (χ1v) is 8.50. The number of likely N-dealkylation sites (tertiary alicyclic amines) is 1. The van der Waals surface area contributed by atoms with Crippen LogP contribution in [0.25, 0.3) is 6.08 Å². The van der Waals surface area contributed by atoms with Crippen molar-refractivity contribution in [3.63, 3.8) is 0 Å². The first-order chi connectivity index (χ1) is 10.8. The lowest BCUT2D eigenvalue weighted by Gasteiger charge is -2.40. The Morgan fingerprint density at radius 2 is 1.91 bits per heavy atom. The molecule has 1 aromatic carbocycles. The van der Waals surface area contributed by atoms with Gasteiger partial charge in [0.15, 0.2) is 0 Å². The second kappa shape index (κ2) is 7.20. The number of benzene rings is 1. The number of amides is 1. The van der Waals surface area contributed by atoms with Crippen molar-refractivity contribution in [2.24, 2.45) is 5.92 Å². The minimum atomic E-state index is -0.446. The molecule has 1 heterocycles. The Morgan fingerprint density at radius 3 is 2.48 bits per heavy atom. The summed E-state index contributed by atoms with van der Waals surface area (Å²) in [4.78, 5) is 14.4. The number of ether oxygens (including phenoxy) is 1. The Balaban J connectivity index is 2.12. The third-order valence-electron chi connectivity index (χ3n) is 4.11. The van der Waals surface area contributed by atoms with Gasteiger partial charge >= 0.3 is 6.09 Å². The highest BCUT2D eigenvalue weighted by Crippen LogP contribution is 2.29. The fourth-order valence-corrected chi connectivity index (χ4v) is 2.97. The molecule has 0 saturated carbocycles. The molecule has 1 saturated heterocycles. The number of carbonyl (C=O) groups is 1. The molecular weight excluding hydrogens is 286 g/mol. The number of hydrogen-bond donors (Lipinski definition) is 0. The maximum absolute atomic E-state index is 12.5. The zero-order chi connectivity index (χ0) is 17.0. The van der Waals surface area contributed by atoms with Crippen LogP contribution in [0.15, 0.2) is 35.9 Å². The molecule has 126 valence electrons. The Kier molecular flexibility index (Phi) is 5.51. The molecule has 0 N–H and O–H groups in total. The molecular formula is C20H29NO2. The van der Waals surface area contributed by atoms with Gasteiger partial charge in [0.25, 0.3) is 0 Å². The van der Waals surface area contributed by atoms with Crippen LogP contribution in [0.4, 0.5) is 4.79 Å². The largest absolute Gasteiger partial charge is 0.444 e. The fraction of sp³-hybridized carbons (Fsp3) is 0.550. The predicted octanol–water partition coefficient (Wildman–Crippen LogP) is 5.13. The summed E-state index contributed by atoms with van der Waals surface area (Å²) in [5.41, 5.74) is 2.20. The van der Waals surface area contributed by atoms with Gasteiger partial charge in [-0.15, -0.1) is 0 Å². The van der Waals surface area contributed by atoms with Gasteiger partial charge in [-0.05, 0) is 45.1 Å². The van der Waals surface area contributed by atoms with Gasteiger partial charge in [-0.1, -0.05) is 55.8 Å². The topological polar surface area (TPSA) is 29.5 Å². The highest BCUT2D eigenvalue weighted by molar-refractivity contribution is 5.69. The van der Waals surface area contributed by atoms with Crippen LogP contribution in [0.3, 0.4) is 0 Å². The van der Waals surface area contributed by atoms with Crippen LogP contribution < -0.4 is 0 Å². The van der Waals surface area contributed by atoms with Gasteiger partial charge < -0.3 is 9.64 Å². The van der Waals surface area contributed by atoms with Crippen LogP contribution in [0.5, 0.6) is 0 Å². The molecule has 0 spiro atoms. The third-order valence-corrected chi connectivity index (χ3v) is 4.11. The number of carbonyl (C=O) groups excluding carboxylic acids is 1.